The van der Waals surface area contributed by atoms with Crippen molar-refractivity contribution in [3.8, 4) is 0 Å². The molecular weight excluding hydrogens is 308 g/mol. The molecule has 0 bridgehead atoms. The lowest BCUT2D eigenvalue weighted by Crippen LogP contribution is -2.61. The molecule has 1 saturated heterocycles. The molecule has 21 heavy (non-hydrogen) atoms. The largest absolute Gasteiger partial charge is 0.456 e. The lowest BCUT2D eigenvalue weighted by Gasteiger charge is -2.42. The molecule has 1 N–H and O–H groups in total. The first kappa shape index (κ1) is 17.7. The Balaban J connectivity index is 3.08. The number of halogens is 1. The van der Waals surface area contributed by atoms with Gasteiger partial charge in [0.05, 0.1) is 5.88 Å². The van der Waals surface area contributed by atoms with Crippen LogP contribution in [0.2, 0.25) is 0 Å². The van der Waals surface area contributed by atoms with E-state index in [4.69, 9.17) is 30.5 Å². The van der Waals surface area contributed by atoms with Crippen molar-refractivity contribution in [3.05, 3.63) is 0 Å². The minimum absolute atomic E-state index is 0.125. The van der Waals surface area contributed by atoms with Gasteiger partial charge in [0.25, 0.3) is 0 Å². The lowest BCUT2D eigenvalue weighted by atomic mass is 9.99. The van der Waals surface area contributed by atoms with Gasteiger partial charge in [-0.3, -0.25) is 14.4 Å². The highest BCUT2D eigenvalue weighted by atomic mass is 35.5. The first-order chi connectivity index (χ1) is 9.76. The SMILES string of the molecule is CC(=O)O[C@@H]1[C@@H](OC(C)=O)[C@H](O)O[C@H](CCl)[C@H]1OC(C)=O. The van der Waals surface area contributed by atoms with Crippen LogP contribution in [0.25, 0.3) is 0 Å². The van der Waals surface area contributed by atoms with Crippen molar-refractivity contribution < 1.29 is 38.4 Å². The number of carbonyl (C=O) groups is 3. The van der Waals surface area contributed by atoms with E-state index in [2.05, 4.69) is 0 Å². The van der Waals surface area contributed by atoms with Crippen molar-refractivity contribution in [3.63, 3.8) is 0 Å². The smallest absolute Gasteiger partial charge is 0.303 e. The molecule has 0 radical (unpaired) electrons. The molecule has 120 valence electrons. The molecule has 9 heteroatoms. The molecule has 1 fully saturated rings. The number of hydrogen-bond acceptors (Lipinski definition) is 8. The fourth-order valence-electron chi connectivity index (χ4n) is 2.00. The van der Waals surface area contributed by atoms with Gasteiger partial charge in [-0.2, -0.15) is 0 Å². The highest BCUT2D eigenvalue weighted by Crippen LogP contribution is 2.28. The summed E-state index contributed by atoms with van der Waals surface area (Å²) < 4.78 is 20.1. The first-order valence-electron chi connectivity index (χ1n) is 6.17. The van der Waals surface area contributed by atoms with Gasteiger partial charge in [0, 0.05) is 20.8 Å². The summed E-state index contributed by atoms with van der Waals surface area (Å²) >= 11 is 5.70. The number of rotatable bonds is 4. The van der Waals surface area contributed by atoms with Crippen LogP contribution in [0.1, 0.15) is 20.8 Å². The standard InChI is InChI=1S/C12H17ClO8/c1-5(14)18-9-8(4-13)21-12(17)11(20-7(3)16)10(9)19-6(2)15/h8-12,17H,4H2,1-3H3/t8-,9-,10+,11-,12-/m1/s1. The molecule has 0 unspecified atom stereocenters. The first-order valence-corrected chi connectivity index (χ1v) is 6.70. The van der Waals surface area contributed by atoms with Crippen LogP contribution in [-0.4, -0.2) is 59.6 Å². The third kappa shape index (κ3) is 4.83. The molecule has 0 spiro atoms. The molecule has 1 rings (SSSR count). The molecule has 0 saturated carbocycles. The minimum atomic E-state index is -1.56. The van der Waals surface area contributed by atoms with Gasteiger partial charge >= 0.3 is 17.9 Å². The van der Waals surface area contributed by atoms with Gasteiger partial charge in [-0.05, 0) is 0 Å². The molecule has 8 nitrogen and oxygen atoms in total. The summed E-state index contributed by atoms with van der Waals surface area (Å²) in [6.07, 6.45) is -6.12. The number of esters is 3. The predicted octanol–water partition coefficient (Wildman–Crippen LogP) is -0.263. The minimum Gasteiger partial charge on any atom is -0.456 e. The molecule has 0 aromatic heterocycles. The van der Waals surface area contributed by atoms with Gasteiger partial charge in [0.1, 0.15) is 6.10 Å². The van der Waals surface area contributed by atoms with Crippen LogP contribution in [0, 0.1) is 0 Å². The van der Waals surface area contributed by atoms with Crippen LogP contribution in [0.3, 0.4) is 0 Å². The average molecular weight is 325 g/mol. The quantitative estimate of drug-likeness (QED) is 0.428. The molecule has 0 aliphatic carbocycles. The van der Waals surface area contributed by atoms with Crippen LogP contribution in [-0.2, 0) is 33.3 Å². The van der Waals surface area contributed by atoms with Crippen molar-refractivity contribution >= 4 is 29.5 Å². The monoisotopic (exact) mass is 324 g/mol. The van der Waals surface area contributed by atoms with E-state index in [0.717, 1.165) is 20.8 Å². The van der Waals surface area contributed by atoms with E-state index >= 15 is 0 Å². The van der Waals surface area contributed by atoms with Crippen molar-refractivity contribution in [2.75, 3.05) is 5.88 Å². The lowest BCUT2D eigenvalue weighted by molar-refractivity contribution is -0.287. The van der Waals surface area contributed by atoms with Crippen molar-refractivity contribution in [2.24, 2.45) is 0 Å². The Morgan fingerprint density at radius 2 is 1.38 bits per heavy atom. The average Bonchev–Trinajstić information content (AvgIpc) is 2.35. The van der Waals surface area contributed by atoms with E-state index in [1.807, 2.05) is 0 Å². The van der Waals surface area contributed by atoms with Crippen LogP contribution in [0.15, 0.2) is 0 Å². The number of hydrogen-bond donors (Lipinski definition) is 1. The number of carbonyl (C=O) groups excluding carboxylic acids is 3. The van der Waals surface area contributed by atoms with E-state index in [1.165, 1.54) is 0 Å². The summed E-state index contributed by atoms with van der Waals surface area (Å²) in [5.74, 6) is -2.20. The summed E-state index contributed by atoms with van der Waals surface area (Å²) in [5.41, 5.74) is 0. The zero-order chi connectivity index (χ0) is 16.2. The van der Waals surface area contributed by atoms with Gasteiger partial charge in [0.2, 0.25) is 0 Å². The van der Waals surface area contributed by atoms with Crippen LogP contribution in [0.5, 0.6) is 0 Å². The van der Waals surface area contributed by atoms with Gasteiger partial charge in [0.15, 0.2) is 24.6 Å². The molecule has 5 atom stereocenters. The second-order valence-corrected chi connectivity index (χ2v) is 4.75. The molecule has 0 aromatic rings. The maximum Gasteiger partial charge on any atom is 0.303 e. The normalized spacial score (nSPS) is 32.1. The second-order valence-electron chi connectivity index (χ2n) is 4.44. The number of ether oxygens (including phenoxy) is 4. The van der Waals surface area contributed by atoms with E-state index < -0.39 is 48.6 Å². The number of aliphatic hydroxyl groups excluding tert-OH is 1. The number of aliphatic hydroxyl groups is 1. The van der Waals surface area contributed by atoms with Gasteiger partial charge in [-0.25, -0.2) is 0 Å². The number of alkyl halides is 1. The summed E-state index contributed by atoms with van der Waals surface area (Å²) in [5, 5.41) is 9.86. The molecule has 0 aromatic carbocycles. The highest BCUT2D eigenvalue weighted by Gasteiger charge is 2.51. The van der Waals surface area contributed by atoms with Crippen LogP contribution < -0.4 is 0 Å². The second kappa shape index (κ2) is 7.58. The maximum absolute atomic E-state index is 11.2. The van der Waals surface area contributed by atoms with E-state index in [0.29, 0.717) is 0 Å². The van der Waals surface area contributed by atoms with Crippen molar-refractivity contribution in [2.45, 2.75) is 51.5 Å². The molecular formula is C12H17ClO8. The zero-order valence-electron chi connectivity index (χ0n) is 11.8. The Morgan fingerprint density at radius 1 is 0.952 bits per heavy atom. The Kier molecular flexibility index (Phi) is 6.38. The van der Waals surface area contributed by atoms with Gasteiger partial charge in [-0.1, -0.05) is 0 Å². The zero-order valence-corrected chi connectivity index (χ0v) is 12.5. The topological polar surface area (TPSA) is 108 Å². The summed E-state index contributed by atoms with van der Waals surface area (Å²) in [6.45, 7) is 3.40. The Labute approximate surface area is 126 Å². The summed E-state index contributed by atoms with van der Waals surface area (Å²) in [7, 11) is 0. The predicted molar refractivity (Wildman–Crippen MR) is 68.3 cm³/mol. The van der Waals surface area contributed by atoms with Gasteiger partial charge < -0.3 is 24.1 Å². The summed E-state index contributed by atoms with van der Waals surface area (Å²) in [4.78, 5) is 33.5. The van der Waals surface area contributed by atoms with Crippen molar-refractivity contribution in [1.29, 1.82) is 0 Å². The third-order valence-corrected chi connectivity index (χ3v) is 2.97. The highest BCUT2D eigenvalue weighted by molar-refractivity contribution is 6.18. The Bertz CT molecular complexity index is 412. The summed E-state index contributed by atoms with van der Waals surface area (Å²) in [6, 6.07) is 0. The van der Waals surface area contributed by atoms with Crippen LogP contribution in [0.4, 0.5) is 0 Å². The molecule has 1 heterocycles. The Hall–Kier alpha value is -1.38. The van der Waals surface area contributed by atoms with E-state index in [1.54, 1.807) is 0 Å². The fourth-order valence-corrected chi connectivity index (χ4v) is 2.24. The Morgan fingerprint density at radius 3 is 1.81 bits per heavy atom. The van der Waals surface area contributed by atoms with Crippen LogP contribution >= 0.6 is 11.6 Å². The van der Waals surface area contributed by atoms with Gasteiger partial charge in [-0.15, -0.1) is 11.6 Å². The van der Waals surface area contributed by atoms with E-state index in [9.17, 15) is 19.5 Å². The van der Waals surface area contributed by atoms with Crippen molar-refractivity contribution in [1.82, 2.24) is 0 Å². The molecule has 1 aliphatic heterocycles. The fraction of sp³-hybridized carbons (Fsp3) is 0.750. The maximum atomic E-state index is 11.2. The third-order valence-electron chi connectivity index (χ3n) is 2.67. The molecule has 1 aliphatic rings. The van der Waals surface area contributed by atoms with E-state index in [-0.39, 0.29) is 5.88 Å². The molecule has 0 amide bonds.